The van der Waals surface area contributed by atoms with Gasteiger partial charge in [-0.2, -0.15) is 0 Å². The third-order valence-corrected chi connectivity index (χ3v) is 3.85. The van der Waals surface area contributed by atoms with Crippen LogP contribution in [0.3, 0.4) is 0 Å². The molecule has 0 aliphatic rings. The number of benzene rings is 2. The Balaban J connectivity index is 2.21. The van der Waals surface area contributed by atoms with Gasteiger partial charge in [-0.05, 0) is 61.0 Å². The standard InChI is InChI=1S/C15H16FNOS/c1-18-13-3-5-14(6-4-13)19-15-7-2-12(16)10-11(15)8-9-17/h2-7,10H,8-9,17H2,1H3. The Morgan fingerprint density at radius 2 is 1.89 bits per heavy atom. The van der Waals surface area contributed by atoms with Gasteiger partial charge in [0.1, 0.15) is 11.6 Å². The summed E-state index contributed by atoms with van der Waals surface area (Å²) in [4.78, 5) is 2.13. The summed E-state index contributed by atoms with van der Waals surface area (Å²) in [5, 5.41) is 0. The minimum Gasteiger partial charge on any atom is -0.497 e. The summed E-state index contributed by atoms with van der Waals surface area (Å²) < 4.78 is 18.4. The predicted octanol–water partition coefficient (Wildman–Crippen LogP) is 3.49. The lowest BCUT2D eigenvalue weighted by Crippen LogP contribution is -2.04. The average Bonchev–Trinajstić information content (AvgIpc) is 2.43. The summed E-state index contributed by atoms with van der Waals surface area (Å²) in [5.74, 6) is 0.605. The Morgan fingerprint density at radius 1 is 1.16 bits per heavy atom. The topological polar surface area (TPSA) is 35.2 Å². The van der Waals surface area contributed by atoms with Crippen molar-refractivity contribution in [2.45, 2.75) is 16.2 Å². The Hall–Kier alpha value is -1.52. The van der Waals surface area contributed by atoms with Crippen molar-refractivity contribution in [3.05, 3.63) is 53.8 Å². The Bertz CT molecular complexity index is 542. The molecule has 2 aromatic carbocycles. The molecule has 0 aromatic heterocycles. The van der Waals surface area contributed by atoms with Gasteiger partial charge >= 0.3 is 0 Å². The fourth-order valence-corrected chi connectivity index (χ4v) is 2.72. The van der Waals surface area contributed by atoms with E-state index >= 15 is 0 Å². The van der Waals surface area contributed by atoms with Gasteiger partial charge in [-0.1, -0.05) is 11.8 Å². The third kappa shape index (κ3) is 3.72. The van der Waals surface area contributed by atoms with Crippen LogP contribution in [0.25, 0.3) is 0 Å². The second-order valence-corrected chi connectivity index (χ2v) is 5.18. The summed E-state index contributed by atoms with van der Waals surface area (Å²) in [6.45, 7) is 0.514. The van der Waals surface area contributed by atoms with Crippen LogP contribution in [0.4, 0.5) is 4.39 Å². The molecule has 0 amide bonds. The van der Waals surface area contributed by atoms with E-state index in [2.05, 4.69) is 0 Å². The molecule has 0 aliphatic heterocycles. The van der Waals surface area contributed by atoms with Crippen molar-refractivity contribution in [3.8, 4) is 5.75 Å². The number of methoxy groups -OCH3 is 1. The van der Waals surface area contributed by atoms with Crippen molar-refractivity contribution in [3.63, 3.8) is 0 Å². The first-order chi connectivity index (χ1) is 9.22. The highest BCUT2D eigenvalue weighted by atomic mass is 32.2. The van der Waals surface area contributed by atoms with Gasteiger partial charge in [-0.3, -0.25) is 0 Å². The van der Waals surface area contributed by atoms with Crippen LogP contribution in [0, 0.1) is 5.82 Å². The van der Waals surface area contributed by atoms with E-state index in [-0.39, 0.29) is 5.82 Å². The van der Waals surface area contributed by atoms with E-state index in [0.29, 0.717) is 13.0 Å². The predicted molar refractivity (Wildman–Crippen MR) is 76.3 cm³/mol. The molecule has 0 unspecified atom stereocenters. The maximum Gasteiger partial charge on any atom is 0.123 e. The Labute approximate surface area is 116 Å². The van der Waals surface area contributed by atoms with Crippen LogP contribution in [-0.4, -0.2) is 13.7 Å². The Morgan fingerprint density at radius 3 is 2.53 bits per heavy atom. The minimum absolute atomic E-state index is 0.220. The summed E-state index contributed by atoms with van der Waals surface area (Å²) in [5.41, 5.74) is 6.51. The molecule has 2 N–H and O–H groups in total. The first-order valence-electron chi connectivity index (χ1n) is 6.03. The third-order valence-electron chi connectivity index (χ3n) is 2.72. The lowest BCUT2D eigenvalue weighted by atomic mass is 10.1. The van der Waals surface area contributed by atoms with E-state index in [1.54, 1.807) is 31.0 Å². The number of ether oxygens (including phenoxy) is 1. The van der Waals surface area contributed by atoms with Crippen molar-refractivity contribution in [2.75, 3.05) is 13.7 Å². The highest BCUT2D eigenvalue weighted by Crippen LogP contribution is 2.32. The Kier molecular flexibility index (Phi) is 4.82. The molecule has 19 heavy (non-hydrogen) atoms. The van der Waals surface area contributed by atoms with Gasteiger partial charge < -0.3 is 10.5 Å². The van der Waals surface area contributed by atoms with E-state index < -0.39 is 0 Å². The molecular formula is C15H16FNOS. The van der Waals surface area contributed by atoms with Crippen LogP contribution < -0.4 is 10.5 Å². The summed E-state index contributed by atoms with van der Waals surface area (Å²) in [6.07, 6.45) is 0.677. The van der Waals surface area contributed by atoms with Crippen LogP contribution in [0.2, 0.25) is 0 Å². The molecule has 0 aliphatic carbocycles. The number of rotatable bonds is 5. The molecular weight excluding hydrogens is 261 g/mol. The average molecular weight is 277 g/mol. The first-order valence-corrected chi connectivity index (χ1v) is 6.85. The highest BCUT2D eigenvalue weighted by molar-refractivity contribution is 7.99. The molecule has 0 atom stereocenters. The fraction of sp³-hybridized carbons (Fsp3) is 0.200. The second-order valence-electron chi connectivity index (χ2n) is 4.07. The molecule has 2 nitrogen and oxygen atoms in total. The lowest BCUT2D eigenvalue weighted by molar-refractivity contribution is 0.414. The molecule has 0 bridgehead atoms. The molecule has 0 fully saturated rings. The van der Waals surface area contributed by atoms with Crippen LogP contribution in [0.5, 0.6) is 5.75 Å². The zero-order chi connectivity index (χ0) is 13.7. The van der Waals surface area contributed by atoms with Crippen LogP contribution in [-0.2, 0) is 6.42 Å². The van der Waals surface area contributed by atoms with Gasteiger partial charge in [0.05, 0.1) is 7.11 Å². The molecule has 2 rings (SSSR count). The lowest BCUT2D eigenvalue weighted by Gasteiger charge is -2.09. The number of nitrogens with two attached hydrogens (primary N) is 1. The van der Waals surface area contributed by atoms with Crippen molar-refractivity contribution < 1.29 is 9.13 Å². The van der Waals surface area contributed by atoms with Crippen molar-refractivity contribution in [1.29, 1.82) is 0 Å². The van der Waals surface area contributed by atoms with Gasteiger partial charge in [-0.25, -0.2) is 4.39 Å². The van der Waals surface area contributed by atoms with E-state index in [1.807, 2.05) is 24.3 Å². The summed E-state index contributed by atoms with van der Waals surface area (Å²) in [7, 11) is 1.64. The maximum absolute atomic E-state index is 13.2. The van der Waals surface area contributed by atoms with E-state index in [4.69, 9.17) is 10.5 Å². The molecule has 0 saturated heterocycles. The van der Waals surface area contributed by atoms with Crippen molar-refractivity contribution in [1.82, 2.24) is 0 Å². The second kappa shape index (κ2) is 6.59. The van der Waals surface area contributed by atoms with E-state index in [1.165, 1.54) is 6.07 Å². The van der Waals surface area contributed by atoms with Crippen LogP contribution in [0.15, 0.2) is 52.3 Å². The smallest absolute Gasteiger partial charge is 0.123 e. The molecule has 100 valence electrons. The molecule has 0 spiro atoms. The zero-order valence-corrected chi connectivity index (χ0v) is 11.5. The van der Waals surface area contributed by atoms with Gasteiger partial charge in [0.15, 0.2) is 0 Å². The maximum atomic E-state index is 13.2. The van der Waals surface area contributed by atoms with Crippen molar-refractivity contribution in [2.24, 2.45) is 5.73 Å². The van der Waals surface area contributed by atoms with Crippen molar-refractivity contribution >= 4 is 11.8 Å². The van der Waals surface area contributed by atoms with Gasteiger partial charge in [-0.15, -0.1) is 0 Å². The molecule has 0 radical (unpaired) electrons. The van der Waals surface area contributed by atoms with Gasteiger partial charge in [0.25, 0.3) is 0 Å². The molecule has 0 heterocycles. The minimum atomic E-state index is -0.220. The number of halogens is 1. The van der Waals surface area contributed by atoms with E-state index in [0.717, 1.165) is 21.1 Å². The molecule has 2 aromatic rings. The van der Waals surface area contributed by atoms with Crippen LogP contribution >= 0.6 is 11.8 Å². The largest absolute Gasteiger partial charge is 0.497 e. The quantitative estimate of drug-likeness (QED) is 0.908. The molecule has 4 heteroatoms. The summed E-state index contributed by atoms with van der Waals surface area (Å²) >= 11 is 1.60. The zero-order valence-electron chi connectivity index (χ0n) is 10.7. The molecule has 0 saturated carbocycles. The SMILES string of the molecule is COc1ccc(Sc2ccc(F)cc2CCN)cc1. The number of hydrogen-bond acceptors (Lipinski definition) is 3. The fourth-order valence-electron chi connectivity index (χ4n) is 1.77. The normalized spacial score (nSPS) is 10.5. The van der Waals surface area contributed by atoms with Crippen LogP contribution in [0.1, 0.15) is 5.56 Å². The summed E-state index contributed by atoms with van der Waals surface area (Å²) in [6, 6.07) is 12.6. The van der Waals surface area contributed by atoms with Gasteiger partial charge in [0, 0.05) is 9.79 Å². The monoisotopic (exact) mass is 277 g/mol. The van der Waals surface area contributed by atoms with E-state index in [9.17, 15) is 4.39 Å². The number of hydrogen-bond donors (Lipinski definition) is 1. The van der Waals surface area contributed by atoms with Gasteiger partial charge in [0.2, 0.25) is 0 Å². The first kappa shape index (κ1) is 13.9. The highest BCUT2D eigenvalue weighted by Gasteiger charge is 2.06.